The molecule has 0 radical (unpaired) electrons. The second-order valence-electron chi connectivity index (χ2n) is 13.2. The van der Waals surface area contributed by atoms with E-state index in [4.69, 9.17) is 0 Å². The van der Waals surface area contributed by atoms with Crippen molar-refractivity contribution in [3.63, 3.8) is 0 Å². The predicted octanol–water partition coefficient (Wildman–Crippen LogP) is 14.6. The molecule has 3 heteroatoms. The number of hydrogen-bond acceptors (Lipinski definition) is 3. The summed E-state index contributed by atoms with van der Waals surface area (Å²) < 4.78 is 5.19. The van der Waals surface area contributed by atoms with E-state index >= 15 is 0 Å². The summed E-state index contributed by atoms with van der Waals surface area (Å²) in [6.45, 7) is 0. The largest absolute Gasteiger partial charge is 0.192 e. The van der Waals surface area contributed by atoms with Crippen molar-refractivity contribution in [3.05, 3.63) is 181 Å². The van der Waals surface area contributed by atoms with Crippen molar-refractivity contribution in [1.82, 2.24) is 0 Å². The fraction of sp³-hybridized carbons (Fsp3) is 0. The van der Waals surface area contributed by atoms with Crippen LogP contribution in [0.15, 0.2) is 176 Å². The summed E-state index contributed by atoms with van der Waals surface area (Å²) in [4.78, 5) is 0. The first-order valence-corrected chi connectivity index (χ1v) is 19.0. The van der Waals surface area contributed by atoms with Gasteiger partial charge in [-0.15, -0.1) is 22.7 Å². The molecule has 1 nitrogen and oxygen atoms in total. The van der Waals surface area contributed by atoms with Crippen LogP contribution in [0.3, 0.4) is 0 Å². The normalized spacial score (nSPS) is 11.4. The summed E-state index contributed by atoms with van der Waals surface area (Å²) in [7, 11) is 0. The molecule has 0 saturated heterocycles. The Morgan fingerprint density at radius 1 is 0.308 bits per heavy atom. The van der Waals surface area contributed by atoms with Crippen molar-refractivity contribution in [1.29, 1.82) is 5.26 Å². The predicted molar refractivity (Wildman–Crippen MR) is 224 cm³/mol. The fourth-order valence-electron chi connectivity index (χ4n) is 7.58. The zero-order valence-electron chi connectivity index (χ0n) is 28.0. The van der Waals surface area contributed by atoms with Crippen LogP contribution in [-0.2, 0) is 0 Å². The van der Waals surface area contributed by atoms with E-state index < -0.39 is 0 Å². The van der Waals surface area contributed by atoms with Crippen LogP contribution in [0.25, 0.3) is 96.0 Å². The van der Waals surface area contributed by atoms with Gasteiger partial charge in [-0.25, -0.2) is 0 Å². The van der Waals surface area contributed by atoms with Crippen LogP contribution < -0.4 is 0 Å². The second kappa shape index (κ2) is 12.5. The molecular formula is C49H29NS2. The molecule has 2 aromatic heterocycles. The highest BCUT2D eigenvalue weighted by atomic mass is 32.1. The topological polar surface area (TPSA) is 23.8 Å². The first-order valence-electron chi connectivity index (χ1n) is 17.4. The maximum absolute atomic E-state index is 10.1. The van der Waals surface area contributed by atoms with Crippen molar-refractivity contribution in [2.75, 3.05) is 0 Å². The molecule has 0 aliphatic rings. The van der Waals surface area contributed by atoms with Gasteiger partial charge in [-0.2, -0.15) is 5.26 Å². The fourth-order valence-corrected chi connectivity index (χ4v) is 9.87. The molecule has 0 atom stereocenters. The molecule has 0 saturated carbocycles. The Labute approximate surface area is 309 Å². The minimum absolute atomic E-state index is 0.666. The third-order valence-corrected chi connectivity index (χ3v) is 12.4. The minimum Gasteiger partial charge on any atom is -0.192 e. The Morgan fingerprint density at radius 2 is 0.827 bits per heavy atom. The van der Waals surface area contributed by atoms with E-state index in [0.29, 0.717) is 5.56 Å². The number of nitriles is 1. The van der Waals surface area contributed by atoms with Gasteiger partial charge >= 0.3 is 0 Å². The highest BCUT2D eigenvalue weighted by Crippen LogP contribution is 2.43. The van der Waals surface area contributed by atoms with Crippen molar-refractivity contribution in [2.24, 2.45) is 0 Å². The molecule has 0 unspecified atom stereocenters. The van der Waals surface area contributed by atoms with Crippen molar-refractivity contribution in [3.8, 4) is 61.7 Å². The average Bonchev–Trinajstić information content (AvgIpc) is 3.78. The van der Waals surface area contributed by atoms with Gasteiger partial charge in [0.1, 0.15) is 0 Å². The second-order valence-corrected chi connectivity index (χ2v) is 15.4. The number of thiophene rings is 2. The smallest absolute Gasteiger partial charge is 0.0998 e. The minimum atomic E-state index is 0.666. The molecule has 0 aliphatic heterocycles. The van der Waals surface area contributed by atoms with E-state index in [1.807, 2.05) is 40.9 Å². The maximum Gasteiger partial charge on any atom is 0.0998 e. The van der Waals surface area contributed by atoms with E-state index in [9.17, 15) is 5.26 Å². The zero-order chi connectivity index (χ0) is 34.6. The average molecular weight is 696 g/mol. The lowest BCUT2D eigenvalue weighted by molar-refractivity contribution is 1.47. The first-order chi connectivity index (χ1) is 25.7. The molecule has 10 aromatic rings. The molecule has 0 amide bonds. The van der Waals surface area contributed by atoms with E-state index in [1.54, 1.807) is 0 Å². The van der Waals surface area contributed by atoms with E-state index in [2.05, 4.69) is 164 Å². The van der Waals surface area contributed by atoms with Crippen LogP contribution in [0.5, 0.6) is 0 Å². The Bertz CT molecular complexity index is 3030. The lowest BCUT2D eigenvalue weighted by Crippen LogP contribution is -1.91. The quantitative estimate of drug-likeness (QED) is 0.176. The first kappa shape index (κ1) is 30.5. The number of fused-ring (bicyclic) bond motifs is 6. The van der Waals surface area contributed by atoms with Gasteiger partial charge in [-0.3, -0.25) is 0 Å². The summed E-state index contributed by atoms with van der Waals surface area (Å²) in [5.41, 5.74) is 11.9. The van der Waals surface area contributed by atoms with Crippen LogP contribution in [0.2, 0.25) is 0 Å². The molecule has 8 aromatic carbocycles. The zero-order valence-corrected chi connectivity index (χ0v) is 29.6. The van der Waals surface area contributed by atoms with Crippen molar-refractivity contribution >= 4 is 63.0 Å². The van der Waals surface area contributed by atoms with Gasteiger partial charge in [0.25, 0.3) is 0 Å². The highest BCUT2D eigenvalue weighted by Gasteiger charge is 2.17. The van der Waals surface area contributed by atoms with Gasteiger partial charge in [0, 0.05) is 40.3 Å². The molecule has 0 bridgehead atoms. The number of hydrogen-bond donors (Lipinski definition) is 0. The number of nitrogens with zero attached hydrogens (tertiary/aromatic N) is 1. The Morgan fingerprint density at radius 3 is 1.54 bits per heavy atom. The summed E-state index contributed by atoms with van der Waals surface area (Å²) in [6.07, 6.45) is 0. The van der Waals surface area contributed by atoms with Gasteiger partial charge in [0.15, 0.2) is 0 Å². The van der Waals surface area contributed by atoms with Gasteiger partial charge in [0.2, 0.25) is 0 Å². The summed E-state index contributed by atoms with van der Waals surface area (Å²) >= 11 is 3.70. The van der Waals surface area contributed by atoms with Crippen LogP contribution >= 0.6 is 22.7 Å². The summed E-state index contributed by atoms with van der Waals surface area (Å²) in [6, 6.07) is 65.7. The van der Waals surface area contributed by atoms with E-state index in [1.165, 1.54) is 62.6 Å². The Kier molecular flexibility index (Phi) is 7.32. The molecular weight excluding hydrogens is 667 g/mol. The van der Waals surface area contributed by atoms with E-state index in [-0.39, 0.29) is 0 Å². The summed E-state index contributed by atoms with van der Waals surface area (Å²) in [5, 5.41) is 15.3. The molecule has 0 aliphatic carbocycles. The highest BCUT2D eigenvalue weighted by molar-refractivity contribution is 7.26. The lowest BCUT2D eigenvalue weighted by Gasteiger charge is -2.17. The van der Waals surface area contributed by atoms with Crippen LogP contribution in [0.1, 0.15) is 5.56 Å². The molecule has 10 rings (SSSR count). The monoisotopic (exact) mass is 695 g/mol. The van der Waals surface area contributed by atoms with Crippen LogP contribution in [0, 0.1) is 11.3 Å². The molecule has 0 fully saturated rings. The molecule has 0 N–H and O–H groups in total. The van der Waals surface area contributed by atoms with Crippen LogP contribution in [-0.4, -0.2) is 0 Å². The van der Waals surface area contributed by atoms with E-state index in [0.717, 1.165) is 33.4 Å². The third-order valence-electron chi connectivity index (χ3n) is 10.1. The van der Waals surface area contributed by atoms with Gasteiger partial charge < -0.3 is 0 Å². The maximum atomic E-state index is 10.1. The molecule has 242 valence electrons. The van der Waals surface area contributed by atoms with Crippen molar-refractivity contribution < 1.29 is 0 Å². The van der Waals surface area contributed by atoms with Crippen molar-refractivity contribution in [2.45, 2.75) is 0 Å². The molecule has 52 heavy (non-hydrogen) atoms. The standard InChI is InChI=1S/C49H29NS2/c50-30-35-12-4-5-13-39(35)37-24-36(31-10-2-1-3-11-31)25-38(26-37)45-27-32(33-19-22-43-41-14-6-8-16-46(41)51-48(43)28-33)18-21-40(45)34-20-23-44-42-15-7-9-17-47(42)52-49(44)29-34/h1-29H. The molecule has 0 spiro atoms. The number of rotatable bonds is 5. The molecule has 2 heterocycles. The third kappa shape index (κ3) is 5.20. The van der Waals surface area contributed by atoms with Gasteiger partial charge in [0.05, 0.1) is 11.6 Å². The Hall–Kier alpha value is -6.31. The SMILES string of the molecule is N#Cc1ccccc1-c1cc(-c2ccccc2)cc(-c2cc(-c3ccc4c(c3)sc3ccccc34)ccc2-c2ccc3c(c2)sc2ccccc23)c1. The van der Waals surface area contributed by atoms with Crippen LogP contribution in [0.4, 0.5) is 0 Å². The van der Waals surface area contributed by atoms with Gasteiger partial charge in [-0.05, 0) is 110 Å². The van der Waals surface area contributed by atoms with Gasteiger partial charge in [-0.1, -0.05) is 121 Å². The Balaban J connectivity index is 1.22. The lowest BCUT2D eigenvalue weighted by atomic mass is 9.87. The summed E-state index contributed by atoms with van der Waals surface area (Å²) in [5.74, 6) is 0. The number of benzene rings is 8.